The Bertz CT molecular complexity index is 1300. The van der Waals surface area contributed by atoms with Gasteiger partial charge in [0.25, 0.3) is 0 Å². The highest BCUT2D eigenvalue weighted by Gasteiger charge is 2.51. The van der Waals surface area contributed by atoms with Crippen LogP contribution in [0.15, 0.2) is 47.0 Å². The molecular formula is C39H65NO3SSi2. The predicted molar refractivity (Wildman–Crippen MR) is 202 cm³/mol. The molecular weight excluding hydrogens is 619 g/mol. The van der Waals surface area contributed by atoms with Gasteiger partial charge in [0, 0.05) is 24.4 Å². The number of thiazole rings is 1. The summed E-state index contributed by atoms with van der Waals surface area (Å²) < 4.78 is 14.2. The Morgan fingerprint density at radius 1 is 1.09 bits per heavy atom. The molecule has 3 saturated carbocycles. The molecule has 0 aliphatic heterocycles. The zero-order valence-electron chi connectivity index (χ0n) is 31.3. The van der Waals surface area contributed by atoms with Crippen LogP contribution in [0.5, 0.6) is 0 Å². The van der Waals surface area contributed by atoms with Crippen molar-refractivity contribution >= 4 is 33.8 Å². The van der Waals surface area contributed by atoms with Crippen molar-refractivity contribution < 1.29 is 13.6 Å². The first-order valence-corrected chi connectivity index (χ1v) is 24.7. The van der Waals surface area contributed by atoms with Crippen molar-refractivity contribution in [3.8, 4) is 0 Å². The van der Waals surface area contributed by atoms with E-state index in [1.807, 2.05) is 5.38 Å². The number of rotatable bonds is 10. The molecule has 258 valence electrons. The van der Waals surface area contributed by atoms with E-state index < -0.39 is 16.6 Å². The molecule has 0 saturated heterocycles. The summed E-state index contributed by atoms with van der Waals surface area (Å²) in [7, 11) is -3.93. The van der Waals surface area contributed by atoms with E-state index >= 15 is 0 Å². The molecule has 4 nitrogen and oxygen atoms in total. The number of nitrogens with zero attached hydrogens (tertiary/aromatic N) is 1. The van der Waals surface area contributed by atoms with E-state index in [0.717, 1.165) is 24.8 Å². The van der Waals surface area contributed by atoms with Gasteiger partial charge in [-0.25, -0.2) is 4.98 Å². The van der Waals surface area contributed by atoms with Gasteiger partial charge in [-0.3, -0.25) is 4.79 Å². The average molecular weight is 684 g/mol. The van der Waals surface area contributed by atoms with Gasteiger partial charge in [0.05, 0.1) is 12.2 Å². The minimum Gasteiger partial charge on any atom is -0.413 e. The summed E-state index contributed by atoms with van der Waals surface area (Å²) in [5.74, 6) is 2.02. The van der Waals surface area contributed by atoms with Crippen LogP contribution in [0.1, 0.15) is 123 Å². The van der Waals surface area contributed by atoms with Crippen LogP contribution in [0.4, 0.5) is 0 Å². The number of aromatic nitrogens is 1. The summed E-state index contributed by atoms with van der Waals surface area (Å²) in [6.45, 7) is 33.1. The van der Waals surface area contributed by atoms with E-state index in [1.165, 1.54) is 49.0 Å². The van der Waals surface area contributed by atoms with E-state index in [1.54, 1.807) is 11.8 Å². The number of carbonyl (C=O) groups excluding carboxylic acids is 1. The Balaban J connectivity index is 1.55. The van der Waals surface area contributed by atoms with Crippen LogP contribution >= 0.6 is 11.3 Å². The molecule has 7 heteroatoms. The summed E-state index contributed by atoms with van der Waals surface area (Å²) in [5, 5.41) is 2.87. The Morgan fingerprint density at radius 2 is 1.74 bits per heavy atom. The number of Topliss-reactive ketones (excluding diaryl/α,β-unsaturated/α-hetero) is 1. The number of carbonyl (C=O) groups is 1. The lowest BCUT2D eigenvalue weighted by Gasteiger charge is -2.46. The molecule has 6 atom stereocenters. The Hall–Kier alpha value is -1.13. The maximum absolute atomic E-state index is 12.7. The van der Waals surface area contributed by atoms with Gasteiger partial charge in [-0.15, -0.1) is 11.3 Å². The van der Waals surface area contributed by atoms with Gasteiger partial charge in [-0.2, -0.15) is 0 Å². The fourth-order valence-electron chi connectivity index (χ4n) is 8.01. The molecule has 3 aliphatic carbocycles. The summed E-state index contributed by atoms with van der Waals surface area (Å²) >= 11 is 1.47. The third kappa shape index (κ3) is 8.18. The van der Waals surface area contributed by atoms with Crippen LogP contribution in [0.3, 0.4) is 0 Å². The third-order valence-electron chi connectivity index (χ3n) is 13.0. The zero-order chi connectivity index (χ0) is 34.3. The normalized spacial score (nSPS) is 30.6. The van der Waals surface area contributed by atoms with Crippen molar-refractivity contribution in [1.82, 2.24) is 4.98 Å². The van der Waals surface area contributed by atoms with Crippen LogP contribution < -0.4 is 0 Å². The van der Waals surface area contributed by atoms with Gasteiger partial charge in [-0.1, -0.05) is 79.7 Å². The maximum Gasteiger partial charge on any atom is 0.192 e. The second-order valence-corrected chi connectivity index (χ2v) is 28.5. The minimum absolute atomic E-state index is 0.00878. The molecule has 0 spiro atoms. The fourth-order valence-corrected chi connectivity index (χ4v) is 11.3. The SMILES string of the molecule is C=C1/C(=C\C=C2/CCC[C@]3(C)[C@@H]([C@H](C)CCC(=O)c4nccs4)CC[C@@H]23)C[C@@H](O[Si](C)(C)C(C)(C)C)C[C@@H]1O[Si](C)(C)C(C)(C)C. The molecule has 0 aromatic carbocycles. The lowest BCUT2D eigenvalue weighted by molar-refractivity contribution is 0.0855. The van der Waals surface area contributed by atoms with Crippen LogP contribution in [0, 0.1) is 23.2 Å². The lowest BCUT2D eigenvalue weighted by Crippen LogP contribution is -2.49. The third-order valence-corrected chi connectivity index (χ3v) is 22.8. The van der Waals surface area contributed by atoms with Gasteiger partial charge < -0.3 is 8.85 Å². The highest BCUT2D eigenvalue weighted by atomic mass is 32.1. The summed E-state index contributed by atoms with van der Waals surface area (Å²) in [5.41, 5.74) is 4.41. The molecule has 1 heterocycles. The highest BCUT2D eigenvalue weighted by molar-refractivity contribution is 7.11. The first-order valence-electron chi connectivity index (χ1n) is 18.0. The summed E-state index contributed by atoms with van der Waals surface area (Å²) in [6.07, 6.45) is 16.4. The Kier molecular flexibility index (Phi) is 11.5. The van der Waals surface area contributed by atoms with Gasteiger partial charge >= 0.3 is 0 Å². The van der Waals surface area contributed by atoms with Crippen LogP contribution in [-0.4, -0.2) is 39.6 Å². The molecule has 1 aromatic heterocycles. The summed E-state index contributed by atoms with van der Waals surface area (Å²) in [6, 6.07) is 0. The topological polar surface area (TPSA) is 48.4 Å². The fraction of sp³-hybridized carbons (Fsp3) is 0.744. The average Bonchev–Trinajstić information content (AvgIpc) is 3.59. The van der Waals surface area contributed by atoms with E-state index in [4.69, 9.17) is 8.85 Å². The van der Waals surface area contributed by atoms with Crippen LogP contribution in [0.2, 0.25) is 36.3 Å². The highest BCUT2D eigenvalue weighted by Crippen LogP contribution is 2.60. The van der Waals surface area contributed by atoms with E-state index in [-0.39, 0.29) is 28.1 Å². The van der Waals surface area contributed by atoms with Crippen molar-refractivity contribution in [1.29, 1.82) is 0 Å². The second kappa shape index (κ2) is 14.0. The van der Waals surface area contributed by atoms with E-state index in [2.05, 4.69) is 105 Å². The van der Waals surface area contributed by atoms with Crippen molar-refractivity contribution in [2.75, 3.05) is 0 Å². The van der Waals surface area contributed by atoms with Crippen LogP contribution in [-0.2, 0) is 8.85 Å². The van der Waals surface area contributed by atoms with Gasteiger partial charge in [0.2, 0.25) is 0 Å². The first kappa shape index (κ1) is 37.7. The van der Waals surface area contributed by atoms with Crippen molar-refractivity contribution in [2.45, 2.75) is 162 Å². The first-order chi connectivity index (χ1) is 21.2. The molecule has 0 radical (unpaired) electrons. The molecule has 0 unspecified atom stereocenters. The summed E-state index contributed by atoms with van der Waals surface area (Å²) in [4.78, 5) is 17.0. The molecule has 0 bridgehead atoms. The standard InChI is InChI=1S/C39H65NO3SSi2/c1-27(16-21-34(41)36-40-23-24-44-36)32-19-20-33-29(15-14-22-39(32,33)9)17-18-30-25-31(42-45(10,11)37(3,4)5)26-35(28(30)2)43-46(12,13)38(6,7)8/h17-18,23-24,27,31-33,35H,2,14-16,19-22,25-26H2,1,3-13H3/b29-17+,30-18-/t27-,31-,32-,33+,35+,39-/m1/s1. The van der Waals surface area contributed by atoms with E-state index in [9.17, 15) is 4.79 Å². The predicted octanol–water partition coefficient (Wildman–Crippen LogP) is 11.9. The molecule has 0 amide bonds. The quantitative estimate of drug-likeness (QED) is 0.182. The molecule has 3 fully saturated rings. The van der Waals surface area contributed by atoms with Gasteiger partial charge in [0.1, 0.15) is 0 Å². The maximum atomic E-state index is 12.7. The van der Waals surface area contributed by atoms with Gasteiger partial charge in [0.15, 0.2) is 27.4 Å². The Labute approximate surface area is 288 Å². The molecule has 0 N–H and O–H groups in total. The smallest absolute Gasteiger partial charge is 0.192 e. The molecule has 46 heavy (non-hydrogen) atoms. The van der Waals surface area contributed by atoms with Gasteiger partial charge in [-0.05, 0) is 116 Å². The number of hydrogen-bond donors (Lipinski definition) is 0. The van der Waals surface area contributed by atoms with E-state index in [0.29, 0.717) is 34.6 Å². The Morgan fingerprint density at radius 3 is 2.35 bits per heavy atom. The monoisotopic (exact) mass is 683 g/mol. The number of ketones is 1. The minimum atomic E-state index is -1.99. The molecule has 3 aliphatic rings. The van der Waals surface area contributed by atoms with Crippen LogP contribution in [0.25, 0.3) is 0 Å². The van der Waals surface area contributed by atoms with Crippen molar-refractivity contribution in [3.63, 3.8) is 0 Å². The van der Waals surface area contributed by atoms with Crippen molar-refractivity contribution in [3.05, 3.63) is 52.0 Å². The number of hydrogen-bond acceptors (Lipinski definition) is 5. The second-order valence-electron chi connectivity index (χ2n) is 18.1. The molecule has 4 rings (SSSR count). The van der Waals surface area contributed by atoms with Crippen molar-refractivity contribution in [2.24, 2.45) is 23.2 Å². The number of fused-ring (bicyclic) bond motifs is 1. The number of allylic oxidation sites excluding steroid dienone is 3. The largest absolute Gasteiger partial charge is 0.413 e. The lowest BCUT2D eigenvalue weighted by atomic mass is 9.60. The molecule has 1 aromatic rings. The zero-order valence-corrected chi connectivity index (χ0v) is 34.2.